The Hall–Kier alpha value is -0.260. The average molecular weight is 385 g/mol. The van der Waals surface area contributed by atoms with Crippen molar-refractivity contribution in [2.24, 2.45) is 52.3 Å². The minimum atomic E-state index is 0.553. The van der Waals surface area contributed by atoms with E-state index in [1.165, 1.54) is 70.6 Å². The monoisotopic (exact) mass is 384 g/mol. The predicted octanol–water partition coefficient (Wildman–Crippen LogP) is 8.66. The number of allylic oxidation sites excluding steroid dienone is 2. The molecule has 0 bridgehead atoms. The van der Waals surface area contributed by atoms with Crippen LogP contribution in [0.4, 0.5) is 0 Å². The van der Waals surface area contributed by atoms with Gasteiger partial charge in [-0.05, 0) is 104 Å². The van der Waals surface area contributed by atoms with E-state index in [2.05, 4.69) is 47.6 Å². The summed E-state index contributed by atoms with van der Waals surface area (Å²) in [6.45, 7) is 15.3. The molecular weight excluding hydrogens is 336 g/mol. The number of rotatable bonds is 5. The highest BCUT2D eigenvalue weighted by molar-refractivity contribution is 5.25. The maximum absolute atomic E-state index is 2.75. The van der Waals surface area contributed by atoms with Gasteiger partial charge in [-0.25, -0.2) is 0 Å². The Balaban J connectivity index is 1.49. The van der Waals surface area contributed by atoms with Crippen LogP contribution in [0.5, 0.6) is 0 Å². The molecule has 0 aromatic heterocycles. The molecule has 0 spiro atoms. The van der Waals surface area contributed by atoms with Gasteiger partial charge in [0.05, 0.1) is 0 Å². The molecule has 0 heteroatoms. The van der Waals surface area contributed by atoms with Gasteiger partial charge in [-0.15, -0.1) is 0 Å². The van der Waals surface area contributed by atoms with E-state index in [-0.39, 0.29) is 0 Å². The van der Waals surface area contributed by atoms with Crippen molar-refractivity contribution in [2.75, 3.05) is 0 Å². The van der Waals surface area contributed by atoms with E-state index in [0.717, 1.165) is 41.4 Å². The molecule has 0 amide bonds. The van der Waals surface area contributed by atoms with Gasteiger partial charge in [0.25, 0.3) is 0 Å². The Kier molecular flexibility index (Phi) is 5.83. The molecule has 160 valence electrons. The molecule has 8 atom stereocenters. The third-order valence-corrected chi connectivity index (χ3v) is 10.6. The molecule has 3 fully saturated rings. The highest BCUT2D eigenvalue weighted by Crippen LogP contribution is 2.67. The Bertz CT molecular complexity index is 585. The summed E-state index contributed by atoms with van der Waals surface area (Å²) in [6, 6.07) is 0. The summed E-state index contributed by atoms with van der Waals surface area (Å²) in [6.07, 6.45) is 19.0. The van der Waals surface area contributed by atoms with Crippen LogP contribution in [0.15, 0.2) is 11.6 Å². The van der Waals surface area contributed by atoms with Crippen LogP contribution in [0, 0.1) is 52.3 Å². The average Bonchev–Trinajstić information content (AvgIpc) is 2.99. The summed E-state index contributed by atoms with van der Waals surface area (Å²) in [5, 5.41) is 0. The highest BCUT2D eigenvalue weighted by atomic mass is 14.6. The van der Waals surface area contributed by atoms with Gasteiger partial charge in [0.2, 0.25) is 0 Å². The van der Waals surface area contributed by atoms with E-state index in [1.807, 2.05) is 5.57 Å². The quantitative estimate of drug-likeness (QED) is 0.416. The fourth-order valence-electron chi connectivity index (χ4n) is 8.87. The van der Waals surface area contributed by atoms with E-state index < -0.39 is 0 Å². The molecule has 6 unspecified atom stereocenters. The first kappa shape index (κ1) is 21.0. The molecule has 0 N–H and O–H groups in total. The van der Waals surface area contributed by atoms with E-state index >= 15 is 0 Å². The van der Waals surface area contributed by atoms with Crippen molar-refractivity contribution in [3.63, 3.8) is 0 Å². The lowest BCUT2D eigenvalue weighted by atomic mass is 9.46. The topological polar surface area (TPSA) is 0 Å². The fourth-order valence-corrected chi connectivity index (χ4v) is 8.87. The molecule has 0 aromatic rings. The molecule has 0 aliphatic heterocycles. The van der Waals surface area contributed by atoms with Crippen molar-refractivity contribution in [1.29, 1.82) is 0 Å². The maximum atomic E-state index is 2.75. The van der Waals surface area contributed by atoms with Crippen LogP contribution in [-0.2, 0) is 0 Å². The highest BCUT2D eigenvalue weighted by Gasteiger charge is 2.58. The van der Waals surface area contributed by atoms with Crippen LogP contribution in [-0.4, -0.2) is 0 Å². The van der Waals surface area contributed by atoms with E-state index in [9.17, 15) is 0 Å². The molecule has 4 rings (SSSR count). The summed E-state index contributed by atoms with van der Waals surface area (Å²) >= 11 is 0. The molecule has 0 heterocycles. The second-order valence-corrected chi connectivity index (χ2v) is 12.6. The lowest BCUT2D eigenvalue weighted by Crippen LogP contribution is -2.50. The van der Waals surface area contributed by atoms with E-state index in [0.29, 0.717) is 10.8 Å². The molecule has 0 aromatic carbocycles. The third kappa shape index (κ3) is 3.43. The third-order valence-electron chi connectivity index (χ3n) is 10.6. The molecule has 0 nitrogen and oxygen atoms in total. The smallest absolute Gasteiger partial charge is 0.00851 e. The Morgan fingerprint density at radius 2 is 1.75 bits per heavy atom. The molecule has 4 aliphatic rings. The minimum Gasteiger partial charge on any atom is -0.0845 e. The summed E-state index contributed by atoms with van der Waals surface area (Å²) in [7, 11) is 0. The molecule has 3 saturated carbocycles. The Labute approximate surface area is 176 Å². The van der Waals surface area contributed by atoms with Crippen molar-refractivity contribution >= 4 is 0 Å². The predicted molar refractivity (Wildman–Crippen MR) is 122 cm³/mol. The van der Waals surface area contributed by atoms with Crippen molar-refractivity contribution in [3.05, 3.63) is 11.6 Å². The maximum Gasteiger partial charge on any atom is -0.00851 e. The van der Waals surface area contributed by atoms with Crippen molar-refractivity contribution in [2.45, 2.75) is 112 Å². The normalized spacial score (nSPS) is 46.5. The molecule has 0 radical (unpaired) electrons. The SMILES string of the molecule is CC(C)CCC[C@H](C)C1CC[C@@H]2C3CC=C4CC(C)CCC4(C)C3CCC12C. The number of fused-ring (bicyclic) bond motifs is 5. The lowest BCUT2D eigenvalue weighted by Gasteiger charge is -2.58. The first-order valence-corrected chi connectivity index (χ1v) is 12.9. The standard InChI is InChI=1S/C28H48/c1-19(2)8-7-9-21(4)24-12-13-25-23-11-10-22-18-20(3)14-16-27(22,5)26(23)15-17-28(24,25)6/h10,19-21,23-26H,7-9,11-18H2,1-6H3/t20?,21-,23?,24?,25+,26?,27?,28?/m0/s1. The van der Waals surface area contributed by atoms with Gasteiger partial charge in [0.1, 0.15) is 0 Å². The molecular formula is C28H48. The number of hydrogen-bond acceptors (Lipinski definition) is 0. The second kappa shape index (κ2) is 7.77. The first-order chi connectivity index (χ1) is 13.3. The molecule has 28 heavy (non-hydrogen) atoms. The summed E-state index contributed by atoms with van der Waals surface area (Å²) in [4.78, 5) is 0. The van der Waals surface area contributed by atoms with Crippen LogP contribution in [0.1, 0.15) is 112 Å². The molecule has 0 saturated heterocycles. The van der Waals surface area contributed by atoms with Gasteiger partial charge in [0, 0.05) is 0 Å². The summed E-state index contributed by atoms with van der Waals surface area (Å²) < 4.78 is 0. The summed E-state index contributed by atoms with van der Waals surface area (Å²) in [5.41, 5.74) is 3.06. The van der Waals surface area contributed by atoms with E-state index in [1.54, 1.807) is 0 Å². The van der Waals surface area contributed by atoms with Gasteiger partial charge in [-0.3, -0.25) is 0 Å². The fraction of sp³-hybridized carbons (Fsp3) is 0.929. The summed E-state index contributed by atoms with van der Waals surface area (Å²) in [5.74, 6) is 6.73. The van der Waals surface area contributed by atoms with Crippen molar-refractivity contribution in [3.8, 4) is 0 Å². The number of hydrogen-bond donors (Lipinski definition) is 0. The Morgan fingerprint density at radius 1 is 0.964 bits per heavy atom. The van der Waals surface area contributed by atoms with Gasteiger partial charge in [-0.2, -0.15) is 0 Å². The zero-order valence-electron chi connectivity index (χ0n) is 19.9. The van der Waals surface area contributed by atoms with Gasteiger partial charge >= 0.3 is 0 Å². The molecule has 4 aliphatic carbocycles. The van der Waals surface area contributed by atoms with Crippen molar-refractivity contribution in [1.82, 2.24) is 0 Å². The van der Waals surface area contributed by atoms with Crippen LogP contribution in [0.2, 0.25) is 0 Å². The lowest BCUT2D eigenvalue weighted by molar-refractivity contribution is -0.0523. The minimum absolute atomic E-state index is 0.553. The van der Waals surface area contributed by atoms with Gasteiger partial charge in [-0.1, -0.05) is 72.5 Å². The van der Waals surface area contributed by atoms with Crippen LogP contribution in [0.3, 0.4) is 0 Å². The van der Waals surface area contributed by atoms with Crippen LogP contribution < -0.4 is 0 Å². The van der Waals surface area contributed by atoms with Gasteiger partial charge < -0.3 is 0 Å². The Morgan fingerprint density at radius 3 is 2.50 bits per heavy atom. The first-order valence-electron chi connectivity index (χ1n) is 12.9. The van der Waals surface area contributed by atoms with Crippen LogP contribution >= 0.6 is 0 Å². The van der Waals surface area contributed by atoms with Crippen molar-refractivity contribution < 1.29 is 0 Å². The van der Waals surface area contributed by atoms with Crippen LogP contribution in [0.25, 0.3) is 0 Å². The van der Waals surface area contributed by atoms with Gasteiger partial charge in [0.15, 0.2) is 0 Å². The second-order valence-electron chi connectivity index (χ2n) is 12.6. The largest absolute Gasteiger partial charge is 0.0845 e. The zero-order chi connectivity index (χ0) is 20.1. The van der Waals surface area contributed by atoms with E-state index in [4.69, 9.17) is 0 Å². The zero-order valence-corrected chi connectivity index (χ0v) is 19.9.